The maximum atomic E-state index is 12.6. The van der Waals surface area contributed by atoms with Crippen LogP contribution in [0.1, 0.15) is 17.5 Å². The van der Waals surface area contributed by atoms with Crippen LogP contribution in [0.15, 0.2) is 36.4 Å². The Bertz CT molecular complexity index is 945. The van der Waals surface area contributed by atoms with Gasteiger partial charge in [-0.15, -0.1) is 0 Å². The first-order valence-corrected chi connectivity index (χ1v) is 8.77. The number of hydrogen-bond donors (Lipinski definition) is 1. The number of hydrogen-bond acceptors (Lipinski definition) is 4. The molecule has 2 aromatic carbocycles. The molecule has 1 atom stereocenters. The van der Waals surface area contributed by atoms with E-state index in [1.165, 1.54) is 11.0 Å². The monoisotopic (exact) mass is 387 g/mol. The second kappa shape index (κ2) is 7.36. The van der Waals surface area contributed by atoms with Crippen molar-refractivity contribution < 1.29 is 14.5 Å². The van der Waals surface area contributed by atoms with Crippen molar-refractivity contribution in [2.24, 2.45) is 5.92 Å². The molecule has 1 N–H and O–H groups in total. The van der Waals surface area contributed by atoms with E-state index in [9.17, 15) is 19.7 Å². The van der Waals surface area contributed by atoms with Crippen molar-refractivity contribution in [3.05, 3.63) is 62.7 Å². The molecule has 27 heavy (non-hydrogen) atoms. The van der Waals surface area contributed by atoms with Crippen molar-refractivity contribution in [1.29, 1.82) is 0 Å². The topological polar surface area (TPSA) is 92.6 Å². The highest BCUT2D eigenvalue weighted by atomic mass is 35.5. The summed E-state index contributed by atoms with van der Waals surface area (Å²) >= 11 is 6.07. The maximum absolute atomic E-state index is 12.6. The minimum absolute atomic E-state index is 0.0487. The number of carbonyl (C=O) groups is 2. The quantitative estimate of drug-likeness (QED) is 0.636. The molecule has 8 heteroatoms. The van der Waals surface area contributed by atoms with E-state index < -0.39 is 10.8 Å². The van der Waals surface area contributed by atoms with Gasteiger partial charge in [-0.1, -0.05) is 23.7 Å². The average molecular weight is 388 g/mol. The van der Waals surface area contributed by atoms with Crippen LogP contribution in [-0.4, -0.2) is 23.3 Å². The molecule has 0 unspecified atom stereocenters. The zero-order chi connectivity index (χ0) is 19.7. The lowest BCUT2D eigenvalue weighted by atomic mass is 10.1. The van der Waals surface area contributed by atoms with Crippen LogP contribution in [0.5, 0.6) is 0 Å². The number of rotatable bonds is 4. The largest absolute Gasteiger partial charge is 0.325 e. The normalized spacial score (nSPS) is 16.5. The van der Waals surface area contributed by atoms with E-state index >= 15 is 0 Å². The Morgan fingerprint density at radius 3 is 2.74 bits per heavy atom. The van der Waals surface area contributed by atoms with Gasteiger partial charge in [0.1, 0.15) is 0 Å². The van der Waals surface area contributed by atoms with Gasteiger partial charge in [-0.2, -0.15) is 0 Å². The summed E-state index contributed by atoms with van der Waals surface area (Å²) < 4.78 is 0. The molecule has 1 aliphatic heterocycles. The number of carbonyl (C=O) groups excluding carboxylic acids is 2. The zero-order valence-electron chi connectivity index (χ0n) is 14.9. The molecule has 140 valence electrons. The molecule has 7 nitrogen and oxygen atoms in total. The molecule has 1 aliphatic rings. The number of nitro benzene ring substituents is 1. The molecule has 0 aromatic heterocycles. The lowest BCUT2D eigenvalue weighted by molar-refractivity contribution is -0.385. The molecule has 1 saturated heterocycles. The average Bonchev–Trinajstić information content (AvgIpc) is 3.01. The van der Waals surface area contributed by atoms with Crippen LogP contribution in [0.25, 0.3) is 0 Å². The molecule has 2 amide bonds. The molecule has 2 aromatic rings. The van der Waals surface area contributed by atoms with E-state index in [-0.39, 0.29) is 30.5 Å². The number of anilines is 2. The first kappa shape index (κ1) is 18.8. The number of benzene rings is 2. The van der Waals surface area contributed by atoms with Gasteiger partial charge in [-0.25, -0.2) is 0 Å². The minimum atomic E-state index is -0.545. The highest BCUT2D eigenvalue weighted by molar-refractivity contribution is 6.31. The van der Waals surface area contributed by atoms with Crippen LogP contribution < -0.4 is 10.2 Å². The Balaban J connectivity index is 1.77. The van der Waals surface area contributed by atoms with Gasteiger partial charge in [0.05, 0.1) is 16.5 Å². The number of nitrogens with zero attached hydrogens (tertiary/aromatic N) is 2. The van der Waals surface area contributed by atoms with Gasteiger partial charge in [0.2, 0.25) is 11.8 Å². The van der Waals surface area contributed by atoms with Crippen molar-refractivity contribution in [3.8, 4) is 0 Å². The number of halogens is 1. The van der Waals surface area contributed by atoms with Gasteiger partial charge in [-0.3, -0.25) is 19.7 Å². The third kappa shape index (κ3) is 3.78. The fraction of sp³-hybridized carbons (Fsp3) is 0.263. The highest BCUT2D eigenvalue weighted by Crippen LogP contribution is 2.31. The van der Waals surface area contributed by atoms with Crippen molar-refractivity contribution in [2.75, 3.05) is 16.8 Å². The number of aryl methyl sites for hydroxylation is 1. The van der Waals surface area contributed by atoms with Crippen LogP contribution >= 0.6 is 11.6 Å². The summed E-state index contributed by atoms with van der Waals surface area (Å²) in [6.45, 7) is 3.61. The molecule has 0 aliphatic carbocycles. The highest BCUT2D eigenvalue weighted by Gasteiger charge is 2.36. The number of nitro groups is 1. The Morgan fingerprint density at radius 1 is 1.30 bits per heavy atom. The van der Waals surface area contributed by atoms with Gasteiger partial charge < -0.3 is 10.2 Å². The third-order valence-electron chi connectivity index (χ3n) is 4.72. The van der Waals surface area contributed by atoms with Crippen molar-refractivity contribution in [2.45, 2.75) is 20.3 Å². The SMILES string of the molecule is Cc1ccc(N2C[C@@H](C(=O)Nc3cccc(Cl)c3C)CC2=O)cc1[N+](=O)[O-]. The van der Waals surface area contributed by atoms with Crippen LogP contribution in [0.3, 0.4) is 0 Å². The van der Waals surface area contributed by atoms with Gasteiger partial charge in [0, 0.05) is 35.3 Å². The smallest absolute Gasteiger partial charge is 0.274 e. The standard InChI is InChI=1S/C19H18ClN3O4/c1-11-6-7-14(9-17(11)23(26)27)22-10-13(8-18(22)24)19(25)21-16-5-3-4-15(20)12(16)2/h3-7,9,13H,8,10H2,1-2H3,(H,21,25)/t13-/m0/s1. The summed E-state index contributed by atoms with van der Waals surface area (Å²) in [5, 5.41) is 14.5. The first-order valence-electron chi connectivity index (χ1n) is 8.39. The molecule has 3 rings (SSSR count). The Labute approximate surface area is 161 Å². The second-order valence-electron chi connectivity index (χ2n) is 6.53. The van der Waals surface area contributed by atoms with Gasteiger partial charge >= 0.3 is 0 Å². The van der Waals surface area contributed by atoms with Gasteiger partial charge in [0.25, 0.3) is 5.69 Å². The second-order valence-corrected chi connectivity index (χ2v) is 6.94. The summed E-state index contributed by atoms with van der Waals surface area (Å²) in [4.78, 5) is 37.0. The predicted octanol–water partition coefficient (Wildman–Crippen LogP) is 3.86. The fourth-order valence-corrected chi connectivity index (χ4v) is 3.25. The summed E-state index contributed by atoms with van der Waals surface area (Å²) in [6.07, 6.45) is 0.0487. The van der Waals surface area contributed by atoms with E-state index in [1.807, 2.05) is 0 Å². The summed E-state index contributed by atoms with van der Waals surface area (Å²) in [5.41, 5.74) is 2.24. The minimum Gasteiger partial charge on any atom is -0.325 e. The van der Waals surface area contributed by atoms with E-state index in [1.54, 1.807) is 44.2 Å². The molecule has 0 bridgehead atoms. The molecule has 0 saturated carbocycles. The van der Waals surface area contributed by atoms with Crippen LogP contribution in [0, 0.1) is 29.9 Å². The number of nitrogens with one attached hydrogen (secondary N) is 1. The molecule has 1 fully saturated rings. The molecular formula is C19H18ClN3O4. The Hall–Kier alpha value is -2.93. The van der Waals surface area contributed by atoms with Gasteiger partial charge in [0.15, 0.2) is 0 Å². The molecule has 1 heterocycles. The van der Waals surface area contributed by atoms with E-state index in [2.05, 4.69) is 5.32 Å². The summed E-state index contributed by atoms with van der Waals surface area (Å²) in [5.74, 6) is -1.06. The molecular weight excluding hydrogens is 370 g/mol. The first-order chi connectivity index (χ1) is 12.8. The van der Waals surface area contributed by atoms with Crippen molar-refractivity contribution in [1.82, 2.24) is 0 Å². The van der Waals surface area contributed by atoms with E-state index in [4.69, 9.17) is 11.6 Å². The fourth-order valence-electron chi connectivity index (χ4n) is 3.07. The van der Waals surface area contributed by atoms with Crippen molar-refractivity contribution in [3.63, 3.8) is 0 Å². The predicted molar refractivity (Wildman–Crippen MR) is 103 cm³/mol. The maximum Gasteiger partial charge on any atom is 0.274 e. The Morgan fingerprint density at radius 2 is 2.04 bits per heavy atom. The number of amides is 2. The molecule has 0 spiro atoms. The third-order valence-corrected chi connectivity index (χ3v) is 5.13. The zero-order valence-corrected chi connectivity index (χ0v) is 15.6. The summed E-state index contributed by atoms with van der Waals surface area (Å²) in [6, 6.07) is 9.84. The van der Waals surface area contributed by atoms with Crippen LogP contribution in [0.2, 0.25) is 5.02 Å². The summed E-state index contributed by atoms with van der Waals surface area (Å²) in [7, 11) is 0. The van der Waals surface area contributed by atoms with E-state index in [0.717, 1.165) is 5.56 Å². The lowest BCUT2D eigenvalue weighted by Gasteiger charge is -2.17. The Kier molecular flexibility index (Phi) is 5.14. The lowest BCUT2D eigenvalue weighted by Crippen LogP contribution is -2.28. The van der Waals surface area contributed by atoms with Crippen LogP contribution in [-0.2, 0) is 9.59 Å². The van der Waals surface area contributed by atoms with E-state index in [0.29, 0.717) is 22.0 Å². The molecule has 0 radical (unpaired) electrons. The van der Waals surface area contributed by atoms with Gasteiger partial charge in [-0.05, 0) is 37.6 Å². The van der Waals surface area contributed by atoms with Crippen molar-refractivity contribution >= 4 is 40.5 Å². The van der Waals surface area contributed by atoms with Crippen LogP contribution in [0.4, 0.5) is 17.1 Å².